The molecule has 6 heteroatoms. The van der Waals surface area contributed by atoms with Gasteiger partial charge in [0.25, 0.3) is 0 Å². The van der Waals surface area contributed by atoms with Gasteiger partial charge in [-0.3, -0.25) is 9.59 Å². The second-order valence-electron chi connectivity index (χ2n) is 12.5. The van der Waals surface area contributed by atoms with Crippen LogP contribution < -0.4 is 0 Å². The fourth-order valence-electron chi connectivity index (χ4n) is 8.39. The predicted molar refractivity (Wildman–Crippen MR) is 144 cm³/mol. The molecule has 0 aromatic rings. The standard InChI is InChI=1S/C32H40O6/c1-5-19-22(31(37)38)15-32(4)14-16(2)8-6-7-9-18-11-13-21-20(12-10-17(3)27(21)33)23(18)28(34)25-29(35)24(19)26(32)30(25)36/h6-7,11,13-15,17-21,23-24,26-27,33,35H,5,8-10,12H2,1-4H3,(H,37,38)/b7-6+,16-14+/t17-,18+,19+,20+,21-,23?,24?,26?,27-,32-/m0/s1. The van der Waals surface area contributed by atoms with Crippen molar-refractivity contribution in [2.45, 2.75) is 65.9 Å². The highest BCUT2D eigenvalue weighted by atomic mass is 16.4. The van der Waals surface area contributed by atoms with Gasteiger partial charge in [-0.25, -0.2) is 4.79 Å². The quantitative estimate of drug-likeness (QED) is 0.334. The first-order chi connectivity index (χ1) is 18.0. The molecule has 0 heterocycles. The highest BCUT2D eigenvalue weighted by Crippen LogP contribution is 2.57. The lowest BCUT2D eigenvalue weighted by atomic mass is 9.59. The van der Waals surface area contributed by atoms with E-state index in [2.05, 4.69) is 18.2 Å². The number of hydrogen-bond donors (Lipinski definition) is 3. The van der Waals surface area contributed by atoms with E-state index in [4.69, 9.17) is 0 Å². The van der Waals surface area contributed by atoms with E-state index in [0.717, 1.165) is 18.4 Å². The molecule has 0 saturated heterocycles. The average Bonchev–Trinajstić information content (AvgIpc) is 3.13. The maximum Gasteiger partial charge on any atom is 0.331 e. The lowest BCUT2D eigenvalue weighted by Crippen LogP contribution is -2.47. The van der Waals surface area contributed by atoms with Crippen LogP contribution in [0.25, 0.3) is 0 Å². The maximum absolute atomic E-state index is 14.4. The number of Topliss-reactive ketones (excluding diaryl/α,β-unsaturated/α-hetero) is 2. The minimum absolute atomic E-state index is 0.112. The average molecular weight is 521 g/mol. The number of carbonyl (C=O) groups is 3. The molecule has 38 heavy (non-hydrogen) atoms. The van der Waals surface area contributed by atoms with E-state index in [-0.39, 0.29) is 52.1 Å². The summed E-state index contributed by atoms with van der Waals surface area (Å²) in [7, 11) is 0. The van der Waals surface area contributed by atoms with Crippen LogP contribution in [0, 0.1) is 52.8 Å². The van der Waals surface area contributed by atoms with Crippen molar-refractivity contribution < 1.29 is 29.7 Å². The number of carbonyl (C=O) groups excluding carboxylic acids is 2. The fraction of sp³-hybridized carbons (Fsp3) is 0.594. The summed E-state index contributed by atoms with van der Waals surface area (Å²) >= 11 is 0. The highest BCUT2D eigenvalue weighted by molar-refractivity contribution is 6.24. The lowest BCUT2D eigenvalue weighted by molar-refractivity contribution is -0.135. The molecular formula is C32H40O6. The van der Waals surface area contributed by atoms with E-state index >= 15 is 0 Å². The normalized spacial score (nSPS) is 45.0. The minimum Gasteiger partial charge on any atom is -0.511 e. The van der Waals surface area contributed by atoms with Crippen LogP contribution in [0.15, 0.2) is 58.9 Å². The summed E-state index contributed by atoms with van der Waals surface area (Å²) in [5, 5.41) is 32.7. The molecule has 5 aliphatic rings. The number of ketones is 2. The van der Waals surface area contributed by atoms with Gasteiger partial charge in [-0.1, -0.05) is 62.8 Å². The molecule has 0 aromatic heterocycles. The molecule has 5 rings (SSSR count). The Morgan fingerprint density at radius 2 is 1.82 bits per heavy atom. The Morgan fingerprint density at radius 3 is 2.50 bits per heavy atom. The number of hydrogen-bond acceptors (Lipinski definition) is 5. The van der Waals surface area contributed by atoms with Gasteiger partial charge in [-0.15, -0.1) is 0 Å². The van der Waals surface area contributed by atoms with Crippen molar-refractivity contribution in [3.8, 4) is 0 Å². The van der Waals surface area contributed by atoms with Gasteiger partial charge in [0.1, 0.15) is 5.76 Å². The number of carboxylic acid groups (broad SMARTS) is 1. The SMILES string of the molecule is CC[C@@H]1C(C(=O)O)=C[C@]2(C)/C=C(\C)C/C=C/C[C@@H]3C=C[C@@H]4[C@@H](O)[C@@H](C)CC[C@H]4C3C(=O)C3=C(O)C1C2C3=O. The second kappa shape index (κ2) is 9.78. The fourth-order valence-corrected chi connectivity index (χ4v) is 8.39. The lowest BCUT2D eigenvalue weighted by Gasteiger charge is -2.45. The monoisotopic (exact) mass is 520 g/mol. The van der Waals surface area contributed by atoms with Crippen molar-refractivity contribution in [2.24, 2.45) is 52.8 Å². The number of fused-ring (bicyclic) bond motifs is 4. The molecule has 1 saturated carbocycles. The first-order valence-corrected chi connectivity index (χ1v) is 14.2. The highest BCUT2D eigenvalue weighted by Gasteiger charge is 2.59. The second-order valence-corrected chi connectivity index (χ2v) is 12.5. The van der Waals surface area contributed by atoms with Crippen molar-refractivity contribution in [3.63, 3.8) is 0 Å². The smallest absolute Gasteiger partial charge is 0.331 e. The Balaban J connectivity index is 1.69. The number of aliphatic hydroxyl groups is 2. The van der Waals surface area contributed by atoms with Gasteiger partial charge in [-0.05, 0) is 56.8 Å². The van der Waals surface area contributed by atoms with Crippen LogP contribution in [0.1, 0.15) is 59.8 Å². The molecule has 1 fully saturated rings. The molecule has 5 aliphatic carbocycles. The Kier molecular flexibility index (Phi) is 6.91. The number of aliphatic hydroxyl groups excluding tert-OH is 2. The summed E-state index contributed by atoms with van der Waals surface area (Å²) in [4.78, 5) is 41.0. The van der Waals surface area contributed by atoms with Crippen LogP contribution in [0.4, 0.5) is 0 Å². The van der Waals surface area contributed by atoms with E-state index in [0.29, 0.717) is 19.3 Å². The van der Waals surface area contributed by atoms with Crippen LogP contribution in [0.2, 0.25) is 0 Å². The first-order valence-electron chi connectivity index (χ1n) is 14.2. The molecule has 204 valence electrons. The van der Waals surface area contributed by atoms with E-state index in [1.165, 1.54) is 0 Å². The molecule has 3 unspecified atom stereocenters. The third-order valence-corrected chi connectivity index (χ3v) is 10.2. The van der Waals surface area contributed by atoms with Gasteiger partial charge in [0.15, 0.2) is 11.6 Å². The third kappa shape index (κ3) is 4.07. The Bertz CT molecular complexity index is 1200. The van der Waals surface area contributed by atoms with Crippen LogP contribution in [-0.4, -0.2) is 39.0 Å². The summed E-state index contributed by atoms with van der Waals surface area (Å²) in [5.74, 6) is -4.85. The maximum atomic E-state index is 14.4. The van der Waals surface area contributed by atoms with Gasteiger partial charge in [0.05, 0.1) is 11.7 Å². The van der Waals surface area contributed by atoms with Crippen LogP contribution in [-0.2, 0) is 14.4 Å². The van der Waals surface area contributed by atoms with Gasteiger partial charge in [0, 0.05) is 40.6 Å². The minimum atomic E-state index is -1.06. The van der Waals surface area contributed by atoms with Gasteiger partial charge >= 0.3 is 5.97 Å². The van der Waals surface area contributed by atoms with Gasteiger partial charge < -0.3 is 15.3 Å². The predicted octanol–water partition coefficient (Wildman–Crippen LogP) is 5.36. The molecule has 0 amide bonds. The number of allylic oxidation sites excluding steroid dienone is 8. The van der Waals surface area contributed by atoms with Gasteiger partial charge in [0.2, 0.25) is 0 Å². The number of rotatable bonds is 2. The molecule has 0 radical (unpaired) electrons. The Morgan fingerprint density at radius 1 is 1.08 bits per heavy atom. The number of carboxylic acids is 1. The molecule has 0 aliphatic heterocycles. The summed E-state index contributed by atoms with van der Waals surface area (Å²) in [6, 6.07) is 0. The topological polar surface area (TPSA) is 112 Å². The van der Waals surface area contributed by atoms with Crippen LogP contribution >= 0.6 is 0 Å². The third-order valence-electron chi connectivity index (χ3n) is 10.2. The van der Waals surface area contributed by atoms with Crippen molar-refractivity contribution in [2.75, 3.05) is 0 Å². The van der Waals surface area contributed by atoms with E-state index in [1.807, 2.05) is 39.8 Å². The van der Waals surface area contributed by atoms with E-state index in [9.17, 15) is 29.7 Å². The van der Waals surface area contributed by atoms with Gasteiger partial charge in [-0.2, -0.15) is 0 Å². The zero-order valence-electron chi connectivity index (χ0n) is 22.8. The summed E-state index contributed by atoms with van der Waals surface area (Å²) in [6.45, 7) is 7.72. The molecule has 2 bridgehead atoms. The first kappa shape index (κ1) is 26.9. The molecule has 0 spiro atoms. The molecule has 3 N–H and O–H groups in total. The summed E-state index contributed by atoms with van der Waals surface area (Å²) in [6.07, 6.45) is 14.7. The molecule has 10 atom stereocenters. The zero-order valence-corrected chi connectivity index (χ0v) is 22.8. The molecule has 0 aromatic carbocycles. The van der Waals surface area contributed by atoms with Crippen molar-refractivity contribution >= 4 is 17.5 Å². The van der Waals surface area contributed by atoms with E-state index in [1.54, 1.807) is 6.08 Å². The number of aliphatic carboxylic acids is 1. The Hall–Kier alpha value is -2.73. The van der Waals surface area contributed by atoms with Crippen molar-refractivity contribution in [1.29, 1.82) is 0 Å². The van der Waals surface area contributed by atoms with Crippen molar-refractivity contribution in [1.82, 2.24) is 0 Å². The zero-order chi connectivity index (χ0) is 27.5. The van der Waals surface area contributed by atoms with Crippen molar-refractivity contribution in [3.05, 3.63) is 58.9 Å². The largest absolute Gasteiger partial charge is 0.511 e. The summed E-state index contributed by atoms with van der Waals surface area (Å²) in [5.41, 5.74) is 0.119. The van der Waals surface area contributed by atoms with E-state index < -0.39 is 41.2 Å². The summed E-state index contributed by atoms with van der Waals surface area (Å²) < 4.78 is 0. The Labute approximate surface area is 224 Å². The van der Waals surface area contributed by atoms with Crippen LogP contribution in [0.3, 0.4) is 0 Å². The molecular weight excluding hydrogens is 480 g/mol. The molecule has 6 nitrogen and oxygen atoms in total. The van der Waals surface area contributed by atoms with Crippen LogP contribution in [0.5, 0.6) is 0 Å².